The van der Waals surface area contributed by atoms with Gasteiger partial charge in [-0.05, 0) is 42.5 Å². The maximum atomic E-state index is 12.5. The van der Waals surface area contributed by atoms with Crippen LogP contribution in [0.15, 0.2) is 72.8 Å². The van der Waals surface area contributed by atoms with Crippen molar-refractivity contribution in [2.45, 2.75) is 0 Å². The predicted octanol–water partition coefficient (Wildman–Crippen LogP) is 3.81. The molecule has 0 radical (unpaired) electrons. The number of benzene rings is 3. The summed E-state index contributed by atoms with van der Waals surface area (Å²) < 4.78 is 16.2. The number of carbonyl (C=O) groups is 2. The van der Waals surface area contributed by atoms with Gasteiger partial charge in [0.15, 0.2) is 0 Å². The number of amides is 1. The normalized spacial score (nSPS) is 10.1. The van der Waals surface area contributed by atoms with E-state index in [1.165, 1.54) is 19.2 Å². The summed E-state index contributed by atoms with van der Waals surface area (Å²) >= 11 is 0. The zero-order valence-corrected chi connectivity index (χ0v) is 14.5. The topological polar surface area (TPSA) is 87.9 Å². The molecule has 0 aliphatic heterocycles. The minimum atomic E-state index is -0.707. The van der Waals surface area contributed by atoms with E-state index in [4.69, 9.17) is 19.9 Å². The smallest absolute Gasteiger partial charge is 0.343 e. The van der Waals surface area contributed by atoms with Crippen molar-refractivity contribution in [3.63, 3.8) is 0 Å². The number of para-hydroxylation sites is 1. The molecule has 27 heavy (non-hydrogen) atoms. The lowest BCUT2D eigenvalue weighted by Crippen LogP contribution is -2.16. The molecule has 6 nitrogen and oxygen atoms in total. The first kappa shape index (κ1) is 18.0. The summed E-state index contributed by atoms with van der Waals surface area (Å²) in [6.45, 7) is 0. The van der Waals surface area contributed by atoms with Crippen molar-refractivity contribution >= 4 is 11.9 Å². The maximum absolute atomic E-state index is 12.5. The minimum absolute atomic E-state index is 0.0289. The van der Waals surface area contributed by atoms with E-state index in [-0.39, 0.29) is 16.9 Å². The molecule has 2 N–H and O–H groups in total. The minimum Gasteiger partial charge on any atom is -0.497 e. The van der Waals surface area contributed by atoms with Gasteiger partial charge >= 0.3 is 5.97 Å². The van der Waals surface area contributed by atoms with E-state index in [1.807, 2.05) is 18.2 Å². The molecule has 0 aliphatic carbocycles. The summed E-state index contributed by atoms with van der Waals surface area (Å²) in [5.41, 5.74) is 5.69. The Morgan fingerprint density at radius 1 is 0.815 bits per heavy atom. The van der Waals surface area contributed by atoms with Crippen LogP contribution in [-0.4, -0.2) is 19.0 Å². The highest BCUT2D eigenvalue weighted by Gasteiger charge is 2.16. The van der Waals surface area contributed by atoms with Gasteiger partial charge < -0.3 is 19.9 Å². The lowest BCUT2D eigenvalue weighted by Gasteiger charge is -2.11. The van der Waals surface area contributed by atoms with Crippen LogP contribution in [0.25, 0.3) is 0 Å². The number of ether oxygens (including phenoxy) is 3. The highest BCUT2D eigenvalue weighted by atomic mass is 16.5. The first-order valence-corrected chi connectivity index (χ1v) is 8.10. The summed E-state index contributed by atoms with van der Waals surface area (Å²) in [6.07, 6.45) is 0. The molecule has 0 saturated heterocycles. The lowest BCUT2D eigenvalue weighted by molar-refractivity contribution is 0.0732. The van der Waals surface area contributed by atoms with Crippen LogP contribution in [0, 0.1) is 0 Å². The average Bonchev–Trinajstić information content (AvgIpc) is 2.68. The summed E-state index contributed by atoms with van der Waals surface area (Å²) in [7, 11) is 1.47. The lowest BCUT2D eigenvalue weighted by atomic mass is 10.1. The van der Waals surface area contributed by atoms with Gasteiger partial charge in [-0.25, -0.2) is 4.79 Å². The highest BCUT2D eigenvalue weighted by molar-refractivity contribution is 5.98. The third kappa shape index (κ3) is 4.43. The number of hydrogen-bond donors (Lipinski definition) is 1. The second-order valence-corrected chi connectivity index (χ2v) is 5.56. The van der Waals surface area contributed by atoms with Crippen LogP contribution >= 0.6 is 0 Å². The number of nitrogens with two attached hydrogens (primary N) is 1. The summed E-state index contributed by atoms with van der Waals surface area (Å²) in [5.74, 6) is 0.235. The molecule has 0 aliphatic rings. The Bertz CT molecular complexity index is 969. The molecule has 3 aromatic carbocycles. The van der Waals surface area contributed by atoms with E-state index >= 15 is 0 Å². The zero-order chi connectivity index (χ0) is 19.2. The van der Waals surface area contributed by atoms with Crippen LogP contribution < -0.4 is 19.9 Å². The van der Waals surface area contributed by atoms with E-state index in [2.05, 4.69) is 0 Å². The van der Waals surface area contributed by atoms with Crippen LogP contribution in [-0.2, 0) is 0 Å². The molecule has 3 rings (SSSR count). The molecule has 0 atom stereocenters. The van der Waals surface area contributed by atoms with Gasteiger partial charge in [-0.3, -0.25) is 4.79 Å². The third-order valence-corrected chi connectivity index (χ3v) is 3.71. The van der Waals surface area contributed by atoms with Gasteiger partial charge in [-0.2, -0.15) is 0 Å². The number of rotatable bonds is 6. The molecular weight excluding hydrogens is 346 g/mol. The fourth-order valence-corrected chi connectivity index (χ4v) is 2.39. The number of carbonyl (C=O) groups excluding carboxylic acids is 2. The molecule has 0 heterocycles. The van der Waals surface area contributed by atoms with Crippen LogP contribution in [0.1, 0.15) is 20.7 Å². The van der Waals surface area contributed by atoms with Gasteiger partial charge in [-0.15, -0.1) is 0 Å². The molecule has 0 saturated carbocycles. The quantitative estimate of drug-likeness (QED) is 0.531. The van der Waals surface area contributed by atoms with E-state index in [0.29, 0.717) is 17.2 Å². The van der Waals surface area contributed by atoms with Crippen LogP contribution in [0.2, 0.25) is 0 Å². The van der Waals surface area contributed by atoms with E-state index < -0.39 is 11.9 Å². The van der Waals surface area contributed by atoms with E-state index in [1.54, 1.807) is 42.5 Å². The Labute approximate surface area is 156 Å². The number of esters is 1. The number of primary amides is 1. The predicted molar refractivity (Wildman–Crippen MR) is 99.4 cm³/mol. The van der Waals surface area contributed by atoms with Gasteiger partial charge in [0.25, 0.3) is 5.91 Å². The van der Waals surface area contributed by atoms with E-state index in [9.17, 15) is 9.59 Å². The van der Waals surface area contributed by atoms with Crippen molar-refractivity contribution in [1.82, 2.24) is 0 Å². The molecule has 0 aromatic heterocycles. The van der Waals surface area contributed by atoms with Gasteiger partial charge in [0.2, 0.25) is 0 Å². The Kier molecular flexibility index (Phi) is 5.37. The van der Waals surface area contributed by atoms with Crippen LogP contribution in [0.4, 0.5) is 0 Å². The molecular formula is C21H17NO5. The Hall–Kier alpha value is -3.80. The molecule has 0 bridgehead atoms. The number of methoxy groups -OCH3 is 1. The third-order valence-electron chi connectivity index (χ3n) is 3.71. The standard InChI is InChI=1S/C21H17NO5/c1-25-16-10-11-18(20(22)23)19(13-16)27-21(24)14-6-5-9-17(12-14)26-15-7-3-2-4-8-15/h2-13H,1H3,(H2,22,23). The second kappa shape index (κ2) is 8.05. The monoisotopic (exact) mass is 363 g/mol. The van der Waals surface area contributed by atoms with Gasteiger partial charge in [0.1, 0.15) is 23.0 Å². The van der Waals surface area contributed by atoms with Crippen LogP contribution in [0.3, 0.4) is 0 Å². The first-order valence-electron chi connectivity index (χ1n) is 8.10. The molecule has 0 spiro atoms. The Morgan fingerprint density at radius 2 is 1.56 bits per heavy atom. The Morgan fingerprint density at radius 3 is 2.26 bits per heavy atom. The first-order chi connectivity index (χ1) is 13.1. The van der Waals surface area contributed by atoms with Crippen molar-refractivity contribution < 1.29 is 23.8 Å². The van der Waals surface area contributed by atoms with Gasteiger partial charge in [-0.1, -0.05) is 24.3 Å². The summed E-state index contributed by atoms with van der Waals surface area (Å²) in [6, 6.07) is 20.2. The van der Waals surface area contributed by atoms with Crippen LogP contribution in [0.5, 0.6) is 23.0 Å². The fraction of sp³-hybridized carbons (Fsp3) is 0.0476. The van der Waals surface area contributed by atoms with Crippen molar-refractivity contribution in [3.05, 3.63) is 83.9 Å². The zero-order valence-electron chi connectivity index (χ0n) is 14.5. The highest BCUT2D eigenvalue weighted by Crippen LogP contribution is 2.27. The molecule has 136 valence electrons. The average molecular weight is 363 g/mol. The largest absolute Gasteiger partial charge is 0.497 e. The summed E-state index contributed by atoms with van der Waals surface area (Å²) in [4.78, 5) is 24.1. The maximum Gasteiger partial charge on any atom is 0.343 e. The van der Waals surface area contributed by atoms with Crippen molar-refractivity contribution in [1.29, 1.82) is 0 Å². The fourth-order valence-electron chi connectivity index (χ4n) is 2.39. The van der Waals surface area contributed by atoms with Crippen molar-refractivity contribution in [2.75, 3.05) is 7.11 Å². The van der Waals surface area contributed by atoms with Gasteiger partial charge in [0.05, 0.1) is 18.2 Å². The molecule has 1 amide bonds. The molecule has 0 unspecified atom stereocenters. The van der Waals surface area contributed by atoms with Gasteiger partial charge in [0, 0.05) is 6.07 Å². The van der Waals surface area contributed by atoms with Crippen molar-refractivity contribution in [3.8, 4) is 23.0 Å². The van der Waals surface area contributed by atoms with E-state index in [0.717, 1.165) is 0 Å². The Balaban J connectivity index is 1.83. The molecule has 3 aromatic rings. The van der Waals surface area contributed by atoms with Crippen molar-refractivity contribution in [2.24, 2.45) is 5.73 Å². The molecule has 6 heteroatoms. The SMILES string of the molecule is COc1ccc(C(N)=O)c(OC(=O)c2cccc(Oc3ccccc3)c2)c1. The summed E-state index contributed by atoms with van der Waals surface area (Å²) in [5, 5.41) is 0. The number of hydrogen-bond acceptors (Lipinski definition) is 5. The molecule has 0 fully saturated rings. The second-order valence-electron chi connectivity index (χ2n) is 5.56.